The van der Waals surface area contributed by atoms with Crippen molar-refractivity contribution in [3.63, 3.8) is 0 Å². The van der Waals surface area contributed by atoms with Crippen molar-refractivity contribution in [2.24, 2.45) is 0 Å². The minimum absolute atomic E-state index is 0.152. The van der Waals surface area contributed by atoms with Crippen molar-refractivity contribution < 1.29 is 4.79 Å². The fraction of sp³-hybridized carbons (Fsp3) is 0.273. The van der Waals surface area contributed by atoms with Crippen LogP contribution in [0.5, 0.6) is 0 Å². The fourth-order valence-electron chi connectivity index (χ4n) is 3.54. The molecule has 3 heterocycles. The largest absolute Gasteiger partial charge is 0.322 e. The van der Waals surface area contributed by atoms with E-state index in [1.54, 1.807) is 17.1 Å². The van der Waals surface area contributed by atoms with Gasteiger partial charge in [0.25, 0.3) is 5.91 Å². The van der Waals surface area contributed by atoms with Gasteiger partial charge in [0.2, 0.25) is 0 Å². The molecule has 0 saturated heterocycles. The molecule has 0 spiro atoms. The lowest BCUT2D eigenvalue weighted by Gasteiger charge is -2.10. The summed E-state index contributed by atoms with van der Waals surface area (Å²) in [6.45, 7) is 8.46. The number of aryl methyl sites for hydroxylation is 2. The summed E-state index contributed by atoms with van der Waals surface area (Å²) < 4.78 is 3.62. The monoisotopic (exact) mass is 422 g/mol. The number of aromatic nitrogens is 5. The molecule has 0 unspecified atom stereocenters. The van der Waals surface area contributed by atoms with E-state index in [0.29, 0.717) is 22.8 Å². The van der Waals surface area contributed by atoms with Crippen molar-refractivity contribution in [1.82, 2.24) is 24.5 Å². The molecule has 0 radical (unpaired) electrons. The SMILES string of the molecule is Cc1cc(C(=O)Nc2cccc(Cn3cc(Cl)cn3)c2)c2c(C)nn(C(C)C)c2n1. The molecular weight excluding hydrogens is 400 g/mol. The topological polar surface area (TPSA) is 77.6 Å². The number of hydrogen-bond donors (Lipinski definition) is 1. The summed E-state index contributed by atoms with van der Waals surface area (Å²) >= 11 is 5.94. The molecule has 0 aliphatic heterocycles. The average Bonchev–Trinajstić information content (AvgIpc) is 3.24. The zero-order valence-electron chi connectivity index (χ0n) is 17.3. The summed E-state index contributed by atoms with van der Waals surface area (Å²) in [5.74, 6) is -0.184. The summed E-state index contributed by atoms with van der Waals surface area (Å²) in [5.41, 5.74) is 4.60. The molecule has 0 saturated carbocycles. The molecule has 3 aromatic heterocycles. The van der Waals surface area contributed by atoms with Crippen LogP contribution in [-0.4, -0.2) is 30.5 Å². The molecule has 0 aliphatic rings. The molecule has 0 fully saturated rings. The Labute approximate surface area is 179 Å². The highest BCUT2D eigenvalue weighted by atomic mass is 35.5. The minimum Gasteiger partial charge on any atom is -0.322 e. The third-order valence-corrected chi connectivity index (χ3v) is 5.03. The van der Waals surface area contributed by atoms with Gasteiger partial charge < -0.3 is 5.32 Å². The molecule has 0 atom stereocenters. The number of carbonyl (C=O) groups excluding carboxylic acids is 1. The highest BCUT2D eigenvalue weighted by molar-refractivity contribution is 6.30. The Kier molecular flexibility index (Phi) is 5.30. The third kappa shape index (κ3) is 3.93. The Morgan fingerprint density at radius 1 is 1.23 bits per heavy atom. The number of amides is 1. The number of anilines is 1. The highest BCUT2D eigenvalue weighted by Gasteiger charge is 2.20. The minimum atomic E-state index is -0.184. The maximum Gasteiger partial charge on any atom is 0.256 e. The van der Waals surface area contributed by atoms with Gasteiger partial charge in [-0.1, -0.05) is 23.7 Å². The summed E-state index contributed by atoms with van der Waals surface area (Å²) in [6, 6.07) is 9.66. The first-order chi connectivity index (χ1) is 14.3. The van der Waals surface area contributed by atoms with Gasteiger partial charge in [-0.25, -0.2) is 9.67 Å². The van der Waals surface area contributed by atoms with Crippen LogP contribution in [0.2, 0.25) is 5.02 Å². The van der Waals surface area contributed by atoms with Crippen LogP contribution in [0, 0.1) is 13.8 Å². The number of rotatable bonds is 5. The lowest BCUT2D eigenvalue weighted by Crippen LogP contribution is -2.14. The molecule has 1 N–H and O–H groups in total. The molecular formula is C22H23ClN6O. The van der Waals surface area contributed by atoms with E-state index in [2.05, 4.69) is 20.5 Å². The Morgan fingerprint density at radius 3 is 2.73 bits per heavy atom. The lowest BCUT2D eigenvalue weighted by atomic mass is 10.1. The van der Waals surface area contributed by atoms with Gasteiger partial charge in [0.1, 0.15) is 0 Å². The first kappa shape index (κ1) is 20.1. The first-order valence-corrected chi connectivity index (χ1v) is 10.1. The normalized spacial score (nSPS) is 11.4. The van der Waals surface area contributed by atoms with Crippen molar-refractivity contribution in [3.8, 4) is 0 Å². The van der Waals surface area contributed by atoms with Gasteiger partial charge in [0.15, 0.2) is 5.65 Å². The Bertz CT molecular complexity index is 1240. The molecule has 4 aromatic rings. The standard InChI is InChI=1S/C22H23ClN6O/c1-13(2)29-21-20(15(4)27-29)19(8-14(3)25-21)22(30)26-18-7-5-6-16(9-18)11-28-12-17(23)10-24-28/h5-10,12-13H,11H2,1-4H3,(H,26,30). The van der Waals surface area contributed by atoms with E-state index in [9.17, 15) is 4.79 Å². The second-order valence-corrected chi connectivity index (χ2v) is 8.08. The number of halogens is 1. The van der Waals surface area contributed by atoms with Gasteiger partial charge in [-0.15, -0.1) is 0 Å². The Morgan fingerprint density at radius 2 is 2.03 bits per heavy atom. The van der Waals surface area contributed by atoms with Crippen molar-refractivity contribution in [2.75, 3.05) is 5.32 Å². The van der Waals surface area contributed by atoms with E-state index in [-0.39, 0.29) is 11.9 Å². The van der Waals surface area contributed by atoms with Gasteiger partial charge in [0.05, 0.1) is 34.4 Å². The summed E-state index contributed by atoms with van der Waals surface area (Å²) in [7, 11) is 0. The quantitative estimate of drug-likeness (QED) is 0.502. The molecule has 1 amide bonds. The maximum absolute atomic E-state index is 13.2. The van der Waals surface area contributed by atoms with Gasteiger partial charge in [-0.2, -0.15) is 10.2 Å². The molecule has 1 aromatic carbocycles. The van der Waals surface area contributed by atoms with Crippen LogP contribution in [-0.2, 0) is 6.54 Å². The first-order valence-electron chi connectivity index (χ1n) is 9.76. The van der Waals surface area contributed by atoms with Crippen molar-refractivity contribution in [2.45, 2.75) is 40.3 Å². The molecule has 0 bridgehead atoms. The number of carbonyl (C=O) groups is 1. The summed E-state index contributed by atoms with van der Waals surface area (Å²) in [4.78, 5) is 17.8. The van der Waals surface area contributed by atoms with E-state index in [0.717, 1.165) is 28.0 Å². The second-order valence-electron chi connectivity index (χ2n) is 7.64. The number of hydrogen-bond acceptors (Lipinski definition) is 4. The molecule has 8 heteroatoms. The zero-order valence-corrected chi connectivity index (χ0v) is 18.1. The zero-order chi connectivity index (χ0) is 21.4. The highest BCUT2D eigenvalue weighted by Crippen LogP contribution is 2.25. The predicted octanol–water partition coefficient (Wildman–Crippen LogP) is 4.78. The van der Waals surface area contributed by atoms with Crippen LogP contribution < -0.4 is 5.32 Å². The van der Waals surface area contributed by atoms with Gasteiger partial charge in [-0.3, -0.25) is 9.48 Å². The number of pyridine rings is 1. The van der Waals surface area contributed by atoms with E-state index in [4.69, 9.17) is 11.6 Å². The second kappa shape index (κ2) is 7.91. The lowest BCUT2D eigenvalue weighted by molar-refractivity contribution is 0.102. The number of nitrogens with one attached hydrogen (secondary N) is 1. The average molecular weight is 423 g/mol. The van der Waals surface area contributed by atoms with Crippen molar-refractivity contribution >= 4 is 34.2 Å². The predicted molar refractivity (Wildman–Crippen MR) is 118 cm³/mol. The summed E-state index contributed by atoms with van der Waals surface area (Å²) in [5, 5.41) is 13.2. The molecule has 7 nitrogen and oxygen atoms in total. The van der Waals surface area contributed by atoms with Crippen molar-refractivity contribution in [3.05, 3.63) is 70.3 Å². The molecule has 154 valence electrons. The van der Waals surface area contributed by atoms with E-state index in [1.807, 2.05) is 62.7 Å². The van der Waals surface area contributed by atoms with E-state index in [1.165, 1.54) is 0 Å². The van der Waals surface area contributed by atoms with E-state index < -0.39 is 0 Å². The van der Waals surface area contributed by atoms with Gasteiger partial charge in [-0.05, 0) is 51.5 Å². The maximum atomic E-state index is 13.2. The van der Waals surface area contributed by atoms with Crippen LogP contribution in [0.3, 0.4) is 0 Å². The number of benzene rings is 1. The Balaban J connectivity index is 1.64. The molecule has 4 rings (SSSR count). The van der Waals surface area contributed by atoms with E-state index >= 15 is 0 Å². The smallest absolute Gasteiger partial charge is 0.256 e. The fourth-order valence-corrected chi connectivity index (χ4v) is 3.69. The number of fused-ring (bicyclic) bond motifs is 1. The van der Waals surface area contributed by atoms with Crippen LogP contribution in [0.4, 0.5) is 5.69 Å². The summed E-state index contributed by atoms with van der Waals surface area (Å²) in [6.07, 6.45) is 3.36. The van der Waals surface area contributed by atoms with Crippen LogP contribution in [0.1, 0.15) is 47.2 Å². The molecule has 30 heavy (non-hydrogen) atoms. The number of nitrogens with zero attached hydrogens (tertiary/aromatic N) is 5. The molecule has 0 aliphatic carbocycles. The van der Waals surface area contributed by atoms with Gasteiger partial charge in [0, 0.05) is 23.6 Å². The van der Waals surface area contributed by atoms with Crippen molar-refractivity contribution in [1.29, 1.82) is 0 Å². The Hall–Kier alpha value is -3.19. The third-order valence-electron chi connectivity index (χ3n) is 4.83. The van der Waals surface area contributed by atoms with Crippen LogP contribution in [0.15, 0.2) is 42.7 Å². The van der Waals surface area contributed by atoms with Crippen LogP contribution >= 0.6 is 11.6 Å². The van der Waals surface area contributed by atoms with Gasteiger partial charge >= 0.3 is 0 Å². The van der Waals surface area contributed by atoms with Crippen LogP contribution in [0.25, 0.3) is 11.0 Å².